The Balaban J connectivity index is 1.68. The number of hydrogen-bond acceptors (Lipinski definition) is 5. The van der Waals surface area contributed by atoms with Crippen LogP contribution in [0.1, 0.15) is 35.4 Å². The van der Waals surface area contributed by atoms with Crippen LogP contribution in [0.3, 0.4) is 0 Å². The molecule has 84 valence electrons. The van der Waals surface area contributed by atoms with Crippen LogP contribution in [0, 0.1) is 0 Å². The van der Waals surface area contributed by atoms with Gasteiger partial charge in [-0.05, 0) is 24.3 Å². The topological polar surface area (TPSA) is 59.2 Å². The van der Waals surface area contributed by atoms with Gasteiger partial charge in [-0.1, -0.05) is 11.2 Å². The SMILES string of the molecule is OC1CC(c2nc(Cc3cccs3)no2)C1. The van der Waals surface area contributed by atoms with Gasteiger partial charge in [-0.25, -0.2) is 0 Å². The van der Waals surface area contributed by atoms with Crippen LogP contribution in [0.2, 0.25) is 0 Å². The first-order valence-electron chi connectivity index (χ1n) is 5.34. The van der Waals surface area contributed by atoms with E-state index in [4.69, 9.17) is 4.52 Å². The van der Waals surface area contributed by atoms with Gasteiger partial charge < -0.3 is 9.63 Å². The molecule has 1 aliphatic rings. The third-order valence-corrected chi connectivity index (χ3v) is 3.74. The largest absolute Gasteiger partial charge is 0.393 e. The van der Waals surface area contributed by atoms with Crippen molar-refractivity contribution in [2.75, 3.05) is 0 Å². The average Bonchev–Trinajstić information content (AvgIpc) is 2.85. The lowest BCUT2D eigenvalue weighted by Gasteiger charge is -2.27. The molecule has 3 rings (SSSR count). The second kappa shape index (κ2) is 3.99. The molecule has 0 aromatic carbocycles. The predicted molar refractivity (Wildman–Crippen MR) is 59.4 cm³/mol. The molecule has 0 bridgehead atoms. The third-order valence-electron chi connectivity index (χ3n) is 2.86. The lowest BCUT2D eigenvalue weighted by molar-refractivity contribution is 0.0625. The fourth-order valence-corrected chi connectivity index (χ4v) is 2.57. The van der Waals surface area contributed by atoms with Crippen molar-refractivity contribution in [1.29, 1.82) is 0 Å². The fraction of sp³-hybridized carbons (Fsp3) is 0.455. The molecule has 0 amide bonds. The minimum Gasteiger partial charge on any atom is -0.393 e. The van der Waals surface area contributed by atoms with Crippen LogP contribution in [-0.4, -0.2) is 21.4 Å². The summed E-state index contributed by atoms with van der Waals surface area (Å²) in [5, 5.41) is 15.2. The second-order valence-electron chi connectivity index (χ2n) is 4.13. The van der Waals surface area contributed by atoms with Gasteiger partial charge in [0.2, 0.25) is 5.89 Å². The van der Waals surface area contributed by atoms with Gasteiger partial charge in [-0.15, -0.1) is 11.3 Å². The summed E-state index contributed by atoms with van der Waals surface area (Å²) < 4.78 is 5.20. The van der Waals surface area contributed by atoms with Gasteiger partial charge in [0.1, 0.15) is 0 Å². The maximum atomic E-state index is 9.21. The van der Waals surface area contributed by atoms with Crippen molar-refractivity contribution in [1.82, 2.24) is 10.1 Å². The van der Waals surface area contributed by atoms with Crippen molar-refractivity contribution < 1.29 is 9.63 Å². The Morgan fingerprint density at radius 3 is 3.06 bits per heavy atom. The zero-order chi connectivity index (χ0) is 11.0. The molecule has 1 saturated carbocycles. The van der Waals surface area contributed by atoms with Crippen molar-refractivity contribution in [3.63, 3.8) is 0 Å². The van der Waals surface area contributed by atoms with Gasteiger partial charge >= 0.3 is 0 Å². The first-order chi connectivity index (χ1) is 7.81. The molecule has 1 fully saturated rings. The van der Waals surface area contributed by atoms with Crippen LogP contribution in [0.15, 0.2) is 22.0 Å². The molecule has 2 heterocycles. The van der Waals surface area contributed by atoms with Crippen LogP contribution in [0.25, 0.3) is 0 Å². The van der Waals surface area contributed by atoms with E-state index in [-0.39, 0.29) is 12.0 Å². The van der Waals surface area contributed by atoms with Gasteiger partial charge in [-0.3, -0.25) is 0 Å². The van der Waals surface area contributed by atoms with E-state index >= 15 is 0 Å². The van der Waals surface area contributed by atoms with E-state index in [1.54, 1.807) is 11.3 Å². The highest BCUT2D eigenvalue weighted by Gasteiger charge is 2.32. The number of aromatic nitrogens is 2. The summed E-state index contributed by atoms with van der Waals surface area (Å²) in [4.78, 5) is 5.60. The number of rotatable bonds is 3. The van der Waals surface area contributed by atoms with Gasteiger partial charge in [0.05, 0.1) is 6.10 Å². The molecule has 0 spiro atoms. The van der Waals surface area contributed by atoms with Gasteiger partial charge in [0.15, 0.2) is 5.82 Å². The summed E-state index contributed by atoms with van der Waals surface area (Å²) in [7, 11) is 0. The lowest BCUT2D eigenvalue weighted by Crippen LogP contribution is -2.26. The van der Waals surface area contributed by atoms with E-state index in [0.29, 0.717) is 5.89 Å². The van der Waals surface area contributed by atoms with E-state index < -0.39 is 0 Å². The van der Waals surface area contributed by atoms with Crippen LogP contribution in [-0.2, 0) is 6.42 Å². The average molecular weight is 236 g/mol. The number of thiophene rings is 1. The van der Waals surface area contributed by atoms with Crippen molar-refractivity contribution in [2.45, 2.75) is 31.3 Å². The smallest absolute Gasteiger partial charge is 0.229 e. The normalized spacial score (nSPS) is 24.3. The molecule has 1 N–H and O–H groups in total. The van der Waals surface area contributed by atoms with E-state index in [9.17, 15) is 5.11 Å². The van der Waals surface area contributed by atoms with E-state index in [2.05, 4.69) is 16.2 Å². The van der Waals surface area contributed by atoms with Crippen LogP contribution in [0.4, 0.5) is 0 Å². The molecular weight excluding hydrogens is 224 g/mol. The predicted octanol–water partition coefficient (Wildman–Crippen LogP) is 1.96. The maximum Gasteiger partial charge on any atom is 0.229 e. The minimum absolute atomic E-state index is 0.183. The number of aliphatic hydroxyl groups excluding tert-OH is 1. The molecular formula is C11H12N2O2S. The minimum atomic E-state index is -0.183. The highest BCUT2D eigenvalue weighted by molar-refractivity contribution is 7.09. The van der Waals surface area contributed by atoms with E-state index in [1.165, 1.54) is 4.88 Å². The van der Waals surface area contributed by atoms with Gasteiger partial charge in [0.25, 0.3) is 0 Å². The molecule has 0 atom stereocenters. The Morgan fingerprint density at radius 1 is 1.50 bits per heavy atom. The summed E-state index contributed by atoms with van der Waals surface area (Å²) in [5.41, 5.74) is 0. The van der Waals surface area contributed by atoms with Crippen LogP contribution in [0.5, 0.6) is 0 Å². The first kappa shape index (κ1) is 9.99. The zero-order valence-electron chi connectivity index (χ0n) is 8.67. The molecule has 1 aliphatic carbocycles. The Kier molecular flexibility index (Phi) is 2.49. The molecule has 2 aromatic heterocycles. The molecule has 16 heavy (non-hydrogen) atoms. The summed E-state index contributed by atoms with van der Waals surface area (Å²) in [6, 6.07) is 4.08. The van der Waals surface area contributed by atoms with E-state index in [1.807, 2.05) is 11.4 Å². The highest BCUT2D eigenvalue weighted by atomic mass is 32.1. The van der Waals surface area contributed by atoms with E-state index in [0.717, 1.165) is 25.1 Å². The molecule has 0 unspecified atom stereocenters. The van der Waals surface area contributed by atoms with Crippen LogP contribution >= 0.6 is 11.3 Å². The van der Waals surface area contributed by atoms with Crippen molar-refractivity contribution >= 4 is 11.3 Å². The molecule has 0 saturated heterocycles. The van der Waals surface area contributed by atoms with Gasteiger partial charge in [0, 0.05) is 17.2 Å². The maximum absolute atomic E-state index is 9.21. The first-order valence-corrected chi connectivity index (χ1v) is 6.22. The lowest BCUT2D eigenvalue weighted by atomic mass is 9.82. The standard InChI is InChI=1S/C11H12N2O2S/c14-8-4-7(5-8)11-12-10(13-15-11)6-9-2-1-3-16-9/h1-3,7-8,14H,4-6H2. The quantitative estimate of drug-likeness (QED) is 0.885. The number of nitrogens with zero attached hydrogens (tertiary/aromatic N) is 2. The second-order valence-corrected chi connectivity index (χ2v) is 5.16. The molecule has 5 heteroatoms. The number of aliphatic hydroxyl groups is 1. The third kappa shape index (κ3) is 1.88. The fourth-order valence-electron chi connectivity index (χ4n) is 1.86. The zero-order valence-corrected chi connectivity index (χ0v) is 9.48. The van der Waals surface area contributed by atoms with Gasteiger partial charge in [-0.2, -0.15) is 4.98 Å². The summed E-state index contributed by atoms with van der Waals surface area (Å²) in [5.74, 6) is 1.68. The molecule has 2 aromatic rings. The van der Waals surface area contributed by atoms with Crippen LogP contribution < -0.4 is 0 Å². The monoisotopic (exact) mass is 236 g/mol. The molecule has 0 aliphatic heterocycles. The summed E-state index contributed by atoms with van der Waals surface area (Å²) in [6.45, 7) is 0. The van der Waals surface area contributed by atoms with Crippen molar-refractivity contribution in [3.8, 4) is 0 Å². The highest BCUT2D eigenvalue weighted by Crippen LogP contribution is 2.35. The number of hydrogen-bond donors (Lipinski definition) is 1. The molecule has 4 nitrogen and oxygen atoms in total. The van der Waals surface area contributed by atoms with Crippen molar-refractivity contribution in [3.05, 3.63) is 34.1 Å². The summed E-state index contributed by atoms with van der Waals surface area (Å²) in [6.07, 6.45) is 2.05. The molecule has 0 radical (unpaired) electrons. The Hall–Kier alpha value is -1.20. The summed E-state index contributed by atoms with van der Waals surface area (Å²) >= 11 is 1.69. The Labute approximate surface area is 96.9 Å². The Morgan fingerprint density at radius 2 is 2.38 bits per heavy atom. The van der Waals surface area contributed by atoms with Crippen molar-refractivity contribution in [2.24, 2.45) is 0 Å². The Bertz CT molecular complexity index is 460.